The Balaban J connectivity index is 2.50. The van der Waals surface area contributed by atoms with E-state index in [1.807, 2.05) is 0 Å². The third-order valence-corrected chi connectivity index (χ3v) is 2.93. The monoisotopic (exact) mass is 211 g/mol. The van der Waals surface area contributed by atoms with Crippen LogP contribution >= 0.6 is 0 Å². The van der Waals surface area contributed by atoms with Crippen molar-refractivity contribution in [1.29, 1.82) is 0 Å². The van der Waals surface area contributed by atoms with Gasteiger partial charge in [-0.2, -0.15) is 0 Å². The standard InChI is InChI=1S/C12H25N3/c1-4-15(9-10(2)3)12(13)14-11-7-5-6-8-11/h10-11H,4-9H2,1-3H3,(H2,13,14). The molecular formula is C12H25N3. The van der Waals surface area contributed by atoms with Gasteiger partial charge in [-0.05, 0) is 25.7 Å². The van der Waals surface area contributed by atoms with Crippen LogP contribution in [0.3, 0.4) is 0 Å². The Labute approximate surface area is 93.7 Å². The average Bonchev–Trinajstić information content (AvgIpc) is 2.66. The quantitative estimate of drug-likeness (QED) is 0.572. The van der Waals surface area contributed by atoms with E-state index < -0.39 is 0 Å². The highest BCUT2D eigenvalue weighted by Gasteiger charge is 2.15. The van der Waals surface area contributed by atoms with Crippen LogP contribution in [0.5, 0.6) is 0 Å². The first-order valence-corrected chi connectivity index (χ1v) is 6.21. The molecule has 1 aliphatic rings. The molecule has 0 heterocycles. The summed E-state index contributed by atoms with van der Waals surface area (Å²) in [5, 5.41) is 0. The molecule has 0 aromatic carbocycles. The Kier molecular flexibility index (Phi) is 4.92. The third kappa shape index (κ3) is 4.10. The van der Waals surface area contributed by atoms with Crippen LogP contribution in [0.25, 0.3) is 0 Å². The summed E-state index contributed by atoms with van der Waals surface area (Å²) in [5.41, 5.74) is 6.03. The molecule has 0 unspecified atom stereocenters. The van der Waals surface area contributed by atoms with Gasteiger partial charge >= 0.3 is 0 Å². The summed E-state index contributed by atoms with van der Waals surface area (Å²) in [4.78, 5) is 6.80. The van der Waals surface area contributed by atoms with E-state index in [0.29, 0.717) is 12.0 Å². The van der Waals surface area contributed by atoms with Crippen LogP contribution in [0.4, 0.5) is 0 Å². The van der Waals surface area contributed by atoms with E-state index in [9.17, 15) is 0 Å². The van der Waals surface area contributed by atoms with E-state index >= 15 is 0 Å². The molecule has 1 fully saturated rings. The minimum Gasteiger partial charge on any atom is -0.370 e. The lowest BCUT2D eigenvalue weighted by molar-refractivity contribution is 0.374. The van der Waals surface area contributed by atoms with Crippen molar-refractivity contribution < 1.29 is 0 Å². The fraction of sp³-hybridized carbons (Fsp3) is 0.917. The molecule has 15 heavy (non-hydrogen) atoms. The summed E-state index contributed by atoms with van der Waals surface area (Å²) in [5.74, 6) is 1.39. The number of aliphatic imine (C=N–C) groups is 1. The van der Waals surface area contributed by atoms with Crippen LogP contribution < -0.4 is 5.73 Å². The molecule has 3 nitrogen and oxygen atoms in total. The molecule has 0 amide bonds. The summed E-state index contributed by atoms with van der Waals surface area (Å²) in [6, 6.07) is 0.492. The lowest BCUT2D eigenvalue weighted by Gasteiger charge is -2.24. The van der Waals surface area contributed by atoms with Crippen LogP contribution in [0.15, 0.2) is 4.99 Å². The van der Waals surface area contributed by atoms with Crippen molar-refractivity contribution in [2.24, 2.45) is 16.6 Å². The van der Waals surface area contributed by atoms with Gasteiger partial charge in [0.25, 0.3) is 0 Å². The highest BCUT2D eigenvalue weighted by Crippen LogP contribution is 2.20. The topological polar surface area (TPSA) is 41.6 Å². The van der Waals surface area contributed by atoms with Gasteiger partial charge in [0.15, 0.2) is 5.96 Å². The fourth-order valence-electron chi connectivity index (χ4n) is 2.13. The van der Waals surface area contributed by atoms with Crippen LogP contribution in [-0.2, 0) is 0 Å². The number of hydrogen-bond acceptors (Lipinski definition) is 1. The van der Waals surface area contributed by atoms with Crippen molar-refractivity contribution in [2.75, 3.05) is 13.1 Å². The average molecular weight is 211 g/mol. The maximum atomic E-state index is 6.03. The molecule has 0 aromatic rings. The molecule has 0 spiro atoms. The Morgan fingerprint density at radius 3 is 2.47 bits per heavy atom. The van der Waals surface area contributed by atoms with E-state index in [1.54, 1.807) is 0 Å². The maximum absolute atomic E-state index is 6.03. The van der Waals surface area contributed by atoms with Gasteiger partial charge in [-0.15, -0.1) is 0 Å². The highest BCUT2D eigenvalue weighted by atomic mass is 15.2. The molecular weight excluding hydrogens is 186 g/mol. The Morgan fingerprint density at radius 1 is 1.40 bits per heavy atom. The lowest BCUT2D eigenvalue weighted by Crippen LogP contribution is -2.40. The molecule has 1 saturated carbocycles. The van der Waals surface area contributed by atoms with Crippen LogP contribution in [-0.4, -0.2) is 30.0 Å². The van der Waals surface area contributed by atoms with Crippen molar-refractivity contribution in [1.82, 2.24) is 4.90 Å². The van der Waals surface area contributed by atoms with E-state index in [-0.39, 0.29) is 0 Å². The summed E-state index contributed by atoms with van der Waals surface area (Å²) in [7, 11) is 0. The van der Waals surface area contributed by atoms with Gasteiger partial charge in [0, 0.05) is 13.1 Å². The van der Waals surface area contributed by atoms with E-state index in [2.05, 4.69) is 30.7 Å². The molecule has 0 atom stereocenters. The largest absolute Gasteiger partial charge is 0.370 e. The van der Waals surface area contributed by atoms with E-state index in [0.717, 1.165) is 19.0 Å². The molecule has 0 bridgehead atoms. The Bertz CT molecular complexity index is 205. The zero-order chi connectivity index (χ0) is 11.3. The summed E-state index contributed by atoms with van der Waals surface area (Å²) >= 11 is 0. The molecule has 0 saturated heterocycles. The second kappa shape index (κ2) is 5.99. The first-order chi connectivity index (χ1) is 7.13. The van der Waals surface area contributed by atoms with Crippen LogP contribution in [0, 0.1) is 5.92 Å². The van der Waals surface area contributed by atoms with Crippen molar-refractivity contribution in [3.63, 3.8) is 0 Å². The summed E-state index contributed by atoms with van der Waals surface area (Å²) in [6.07, 6.45) is 5.08. The second-order valence-electron chi connectivity index (χ2n) is 4.86. The third-order valence-electron chi connectivity index (χ3n) is 2.93. The first kappa shape index (κ1) is 12.3. The number of nitrogens with zero attached hydrogens (tertiary/aromatic N) is 2. The Hall–Kier alpha value is -0.730. The zero-order valence-electron chi connectivity index (χ0n) is 10.4. The SMILES string of the molecule is CCN(CC(C)C)C(N)=NC1CCCC1. The number of hydrogen-bond donors (Lipinski definition) is 1. The fourth-order valence-corrected chi connectivity index (χ4v) is 2.13. The second-order valence-corrected chi connectivity index (χ2v) is 4.86. The molecule has 0 radical (unpaired) electrons. The molecule has 3 heteroatoms. The number of guanidine groups is 1. The minimum atomic E-state index is 0.492. The molecule has 1 rings (SSSR count). The smallest absolute Gasteiger partial charge is 0.191 e. The molecule has 0 aliphatic heterocycles. The minimum absolute atomic E-state index is 0.492. The highest BCUT2D eigenvalue weighted by molar-refractivity contribution is 5.78. The summed E-state index contributed by atoms with van der Waals surface area (Å²) in [6.45, 7) is 8.54. The van der Waals surface area contributed by atoms with Gasteiger partial charge in [-0.1, -0.05) is 26.7 Å². The van der Waals surface area contributed by atoms with Crippen molar-refractivity contribution in [3.05, 3.63) is 0 Å². The predicted molar refractivity (Wildman–Crippen MR) is 66.0 cm³/mol. The van der Waals surface area contributed by atoms with E-state index in [4.69, 9.17) is 5.73 Å². The first-order valence-electron chi connectivity index (χ1n) is 6.21. The lowest BCUT2D eigenvalue weighted by atomic mass is 10.2. The van der Waals surface area contributed by atoms with Gasteiger partial charge in [0.1, 0.15) is 0 Å². The molecule has 1 aliphatic carbocycles. The number of nitrogens with two attached hydrogens (primary N) is 1. The van der Waals surface area contributed by atoms with Crippen LogP contribution in [0.1, 0.15) is 46.5 Å². The van der Waals surface area contributed by atoms with Gasteiger partial charge < -0.3 is 10.6 Å². The Morgan fingerprint density at radius 2 is 2.00 bits per heavy atom. The van der Waals surface area contributed by atoms with Gasteiger partial charge in [0.2, 0.25) is 0 Å². The zero-order valence-corrected chi connectivity index (χ0v) is 10.4. The van der Waals surface area contributed by atoms with Crippen molar-refractivity contribution in [3.8, 4) is 0 Å². The summed E-state index contributed by atoms with van der Waals surface area (Å²) < 4.78 is 0. The molecule has 88 valence electrons. The maximum Gasteiger partial charge on any atom is 0.191 e. The van der Waals surface area contributed by atoms with E-state index in [1.165, 1.54) is 25.7 Å². The number of rotatable bonds is 4. The van der Waals surface area contributed by atoms with Gasteiger partial charge in [0.05, 0.1) is 6.04 Å². The van der Waals surface area contributed by atoms with Gasteiger partial charge in [-0.3, -0.25) is 0 Å². The predicted octanol–water partition coefficient (Wildman–Crippen LogP) is 2.22. The molecule has 0 aromatic heterocycles. The normalized spacial score (nSPS) is 18.8. The van der Waals surface area contributed by atoms with Crippen molar-refractivity contribution >= 4 is 5.96 Å². The van der Waals surface area contributed by atoms with Gasteiger partial charge in [-0.25, -0.2) is 4.99 Å². The van der Waals surface area contributed by atoms with Crippen LogP contribution in [0.2, 0.25) is 0 Å². The molecule has 2 N–H and O–H groups in total. The van der Waals surface area contributed by atoms with Crippen molar-refractivity contribution in [2.45, 2.75) is 52.5 Å².